The number of carbonyl (C=O) groups is 1. The number of rotatable bonds is 5. The molecule has 2 aliphatic rings. The third-order valence-corrected chi connectivity index (χ3v) is 6.48. The van der Waals surface area contributed by atoms with Gasteiger partial charge in [-0.3, -0.25) is 4.79 Å². The highest BCUT2D eigenvalue weighted by Crippen LogP contribution is 2.41. The third kappa shape index (κ3) is 4.10. The molecule has 160 valence electrons. The van der Waals surface area contributed by atoms with Crippen molar-refractivity contribution < 1.29 is 9.53 Å². The minimum atomic E-state index is -0.0476. The summed E-state index contributed by atoms with van der Waals surface area (Å²) in [6.45, 7) is 3.99. The summed E-state index contributed by atoms with van der Waals surface area (Å²) in [5.74, 6) is 1.67. The highest BCUT2D eigenvalue weighted by Gasteiger charge is 2.38. The lowest BCUT2D eigenvalue weighted by Gasteiger charge is -2.27. The lowest BCUT2D eigenvalue weighted by Crippen LogP contribution is -2.34. The smallest absolute Gasteiger partial charge is 0.251 e. The van der Waals surface area contributed by atoms with E-state index in [0.29, 0.717) is 36.1 Å². The first kappa shape index (κ1) is 20.3. The number of fused-ring (bicyclic) bond motifs is 3. The molecule has 0 spiro atoms. The molecule has 2 atom stereocenters. The van der Waals surface area contributed by atoms with Gasteiger partial charge in [0.2, 0.25) is 0 Å². The van der Waals surface area contributed by atoms with Gasteiger partial charge in [0, 0.05) is 49.1 Å². The van der Waals surface area contributed by atoms with Gasteiger partial charge in [-0.05, 0) is 41.5 Å². The van der Waals surface area contributed by atoms with Crippen LogP contribution in [0.5, 0.6) is 5.75 Å². The Morgan fingerprint density at radius 3 is 2.59 bits per heavy atom. The van der Waals surface area contributed by atoms with Crippen LogP contribution in [-0.2, 0) is 0 Å². The second kappa shape index (κ2) is 8.86. The number of likely N-dealkylation sites (tertiary alicyclic amines) is 1. The van der Waals surface area contributed by atoms with Crippen molar-refractivity contribution in [2.45, 2.75) is 5.92 Å². The Hall–Kier alpha value is -3.62. The van der Waals surface area contributed by atoms with E-state index in [4.69, 9.17) is 4.74 Å². The molecule has 0 aromatic heterocycles. The number of nitrogens with one attached hydrogen (secondary N) is 1. The van der Waals surface area contributed by atoms with E-state index >= 15 is 0 Å². The zero-order chi connectivity index (χ0) is 21.9. The quantitative estimate of drug-likeness (QED) is 0.672. The summed E-state index contributed by atoms with van der Waals surface area (Å²) in [4.78, 5) is 15.0. The molecule has 32 heavy (non-hydrogen) atoms. The van der Waals surface area contributed by atoms with Crippen molar-refractivity contribution in [2.24, 2.45) is 5.92 Å². The monoisotopic (exact) mass is 423 g/mol. The van der Waals surface area contributed by atoms with Gasteiger partial charge in [0.15, 0.2) is 0 Å². The molecule has 1 amide bonds. The number of nitrogens with zero attached hydrogens (tertiary/aromatic N) is 2. The average molecular weight is 424 g/mol. The molecule has 2 aliphatic heterocycles. The number of carbonyl (C=O) groups excluding carboxylic acids is 1. The van der Waals surface area contributed by atoms with E-state index in [1.54, 1.807) is 0 Å². The standard InChI is InChI=1S/C27H25N3O2/c28-15-19-6-11-26-24(14-19)25-17-30(16-23(25)18-32-26)13-12-29-27(31)22-9-7-21(8-10-22)20-4-2-1-3-5-20/h1-11,14,23,25H,12-13,16-18H2,(H,29,31)/t23-,25+/m0/s1. The fraction of sp³-hybridized carbons (Fsp3) is 0.259. The minimum absolute atomic E-state index is 0.0476. The van der Waals surface area contributed by atoms with Crippen molar-refractivity contribution in [2.75, 3.05) is 32.8 Å². The van der Waals surface area contributed by atoms with Crippen LogP contribution in [0, 0.1) is 17.2 Å². The number of benzene rings is 3. The molecule has 1 saturated heterocycles. The highest BCUT2D eigenvalue weighted by molar-refractivity contribution is 5.94. The van der Waals surface area contributed by atoms with E-state index in [9.17, 15) is 10.1 Å². The molecule has 1 N–H and O–H groups in total. The molecule has 0 bridgehead atoms. The van der Waals surface area contributed by atoms with Gasteiger partial charge >= 0.3 is 0 Å². The number of hydrogen-bond acceptors (Lipinski definition) is 4. The van der Waals surface area contributed by atoms with Crippen molar-refractivity contribution in [3.8, 4) is 22.9 Å². The maximum atomic E-state index is 12.6. The topological polar surface area (TPSA) is 65.4 Å². The normalized spacial score (nSPS) is 19.3. The van der Waals surface area contributed by atoms with Gasteiger partial charge in [0.25, 0.3) is 5.91 Å². The van der Waals surface area contributed by atoms with E-state index < -0.39 is 0 Å². The van der Waals surface area contributed by atoms with Gasteiger partial charge in [-0.2, -0.15) is 5.26 Å². The fourth-order valence-corrected chi connectivity index (χ4v) is 4.77. The predicted octanol–water partition coefficient (Wildman–Crippen LogP) is 4.06. The van der Waals surface area contributed by atoms with Gasteiger partial charge in [-0.25, -0.2) is 0 Å². The zero-order valence-electron chi connectivity index (χ0n) is 17.8. The molecule has 3 aromatic carbocycles. The van der Waals surface area contributed by atoms with Gasteiger partial charge in [-0.1, -0.05) is 42.5 Å². The molecule has 5 heteroatoms. The lowest BCUT2D eigenvalue weighted by molar-refractivity contribution is 0.0949. The fourth-order valence-electron chi connectivity index (χ4n) is 4.77. The van der Waals surface area contributed by atoms with Crippen LogP contribution in [0.2, 0.25) is 0 Å². The van der Waals surface area contributed by atoms with Crippen LogP contribution in [-0.4, -0.2) is 43.6 Å². The van der Waals surface area contributed by atoms with Crippen molar-refractivity contribution in [1.82, 2.24) is 10.2 Å². The van der Waals surface area contributed by atoms with Crippen molar-refractivity contribution >= 4 is 5.91 Å². The summed E-state index contributed by atoms with van der Waals surface area (Å²) in [6, 6.07) is 25.8. The Bertz CT molecular complexity index is 1150. The van der Waals surface area contributed by atoms with Crippen molar-refractivity contribution in [3.63, 3.8) is 0 Å². The lowest BCUT2D eigenvalue weighted by atomic mass is 9.86. The van der Waals surface area contributed by atoms with Gasteiger partial charge in [-0.15, -0.1) is 0 Å². The maximum Gasteiger partial charge on any atom is 0.251 e. The molecule has 3 aromatic rings. The summed E-state index contributed by atoms with van der Waals surface area (Å²) in [6.07, 6.45) is 0. The first-order valence-corrected chi connectivity index (χ1v) is 11.0. The van der Waals surface area contributed by atoms with Gasteiger partial charge in [0.1, 0.15) is 5.75 Å². The average Bonchev–Trinajstić information content (AvgIpc) is 3.28. The highest BCUT2D eigenvalue weighted by atomic mass is 16.5. The summed E-state index contributed by atoms with van der Waals surface area (Å²) >= 11 is 0. The Kier molecular flexibility index (Phi) is 5.62. The molecule has 2 heterocycles. The number of nitriles is 1. The SMILES string of the molecule is N#Cc1ccc2c(c1)[C@@H]1CN(CCNC(=O)c3ccc(-c4ccccc4)cc3)C[C@H]1CO2. The van der Waals surface area contributed by atoms with E-state index in [2.05, 4.69) is 28.4 Å². The Balaban J connectivity index is 1.15. The number of amides is 1. The van der Waals surface area contributed by atoms with Crippen molar-refractivity contribution in [1.29, 1.82) is 5.26 Å². The summed E-state index contributed by atoms with van der Waals surface area (Å²) in [5.41, 5.74) is 4.74. The molecule has 0 saturated carbocycles. The number of hydrogen-bond donors (Lipinski definition) is 1. The first-order valence-electron chi connectivity index (χ1n) is 11.0. The largest absolute Gasteiger partial charge is 0.493 e. The van der Waals surface area contributed by atoms with Crippen LogP contribution in [0.4, 0.5) is 0 Å². The Labute approximate surface area is 188 Å². The third-order valence-electron chi connectivity index (χ3n) is 6.48. The maximum absolute atomic E-state index is 12.6. The van der Waals surface area contributed by atoms with Crippen LogP contribution < -0.4 is 10.1 Å². The second-order valence-electron chi connectivity index (χ2n) is 8.50. The summed E-state index contributed by atoms with van der Waals surface area (Å²) < 4.78 is 5.92. The van der Waals surface area contributed by atoms with Crippen LogP contribution in [0.1, 0.15) is 27.4 Å². The zero-order valence-corrected chi connectivity index (χ0v) is 17.8. The van der Waals surface area contributed by atoms with E-state index in [-0.39, 0.29) is 5.91 Å². The van der Waals surface area contributed by atoms with Crippen LogP contribution in [0.3, 0.4) is 0 Å². The van der Waals surface area contributed by atoms with Crippen LogP contribution >= 0.6 is 0 Å². The molecule has 1 fully saturated rings. The van der Waals surface area contributed by atoms with Crippen LogP contribution in [0.15, 0.2) is 72.8 Å². The molecule has 5 rings (SSSR count). The molecule has 0 unspecified atom stereocenters. The first-order chi connectivity index (χ1) is 15.7. The van der Waals surface area contributed by atoms with Crippen molar-refractivity contribution in [3.05, 3.63) is 89.5 Å². The molecular formula is C27H25N3O2. The molecule has 0 radical (unpaired) electrons. The summed E-state index contributed by atoms with van der Waals surface area (Å²) in [5, 5.41) is 12.3. The molecule has 0 aliphatic carbocycles. The van der Waals surface area contributed by atoms with Gasteiger partial charge in [0.05, 0.1) is 18.2 Å². The van der Waals surface area contributed by atoms with E-state index in [1.165, 1.54) is 0 Å². The predicted molar refractivity (Wildman–Crippen MR) is 124 cm³/mol. The summed E-state index contributed by atoms with van der Waals surface area (Å²) in [7, 11) is 0. The van der Waals surface area contributed by atoms with Gasteiger partial charge < -0.3 is 15.0 Å². The number of ether oxygens (including phenoxy) is 1. The Morgan fingerprint density at radius 1 is 1.03 bits per heavy atom. The Morgan fingerprint density at radius 2 is 1.81 bits per heavy atom. The van der Waals surface area contributed by atoms with Crippen LogP contribution in [0.25, 0.3) is 11.1 Å². The molecule has 5 nitrogen and oxygen atoms in total. The minimum Gasteiger partial charge on any atom is -0.493 e. The van der Waals surface area contributed by atoms with E-state index in [1.807, 2.05) is 60.7 Å². The second-order valence-corrected chi connectivity index (χ2v) is 8.50. The van der Waals surface area contributed by atoms with E-state index in [0.717, 1.165) is 42.1 Å². The molecular weight excluding hydrogens is 398 g/mol.